The molecule has 0 atom stereocenters. The molecule has 0 aliphatic heterocycles. The first-order chi connectivity index (χ1) is 9.90. The van der Waals surface area contributed by atoms with E-state index in [1.165, 1.54) is 74.1 Å². The monoisotopic (exact) mass is 307 g/mol. The molecule has 2 fully saturated rings. The Morgan fingerprint density at radius 2 is 1.35 bits per heavy atom. The Morgan fingerprint density at radius 3 is 1.90 bits per heavy atom. The third-order valence-electron chi connectivity index (χ3n) is 4.40. The highest BCUT2D eigenvalue weighted by Gasteiger charge is 2.16. The summed E-state index contributed by atoms with van der Waals surface area (Å²) in [7, 11) is 0. The zero-order valence-electron chi connectivity index (χ0n) is 12.2. The van der Waals surface area contributed by atoms with Gasteiger partial charge >= 0.3 is 0 Å². The van der Waals surface area contributed by atoms with Crippen molar-refractivity contribution in [2.75, 3.05) is 0 Å². The lowest BCUT2D eigenvalue weighted by molar-refractivity contribution is 0.515. The molecule has 3 heteroatoms. The van der Waals surface area contributed by atoms with Crippen LogP contribution in [0.5, 0.6) is 0 Å². The van der Waals surface area contributed by atoms with Gasteiger partial charge in [-0.25, -0.2) is 4.98 Å². The van der Waals surface area contributed by atoms with E-state index in [1.807, 2.05) is 23.5 Å². The summed E-state index contributed by atoms with van der Waals surface area (Å²) < 4.78 is 0. The molecule has 0 unspecified atom stereocenters. The molecule has 0 N–H and O–H groups in total. The van der Waals surface area contributed by atoms with Crippen LogP contribution in [0.4, 0.5) is 0 Å². The smallest absolute Gasteiger partial charge is 0.0963 e. The van der Waals surface area contributed by atoms with Crippen LogP contribution < -0.4 is 0 Å². The van der Waals surface area contributed by atoms with Crippen LogP contribution in [-0.4, -0.2) is 15.5 Å². The Bertz CT molecular complexity index is 353. The van der Waals surface area contributed by atoms with Gasteiger partial charge in [0.15, 0.2) is 0 Å². The van der Waals surface area contributed by atoms with Crippen molar-refractivity contribution < 1.29 is 0 Å². The zero-order valence-corrected chi connectivity index (χ0v) is 13.9. The summed E-state index contributed by atoms with van der Waals surface area (Å²) in [5.74, 6) is 0. The van der Waals surface area contributed by atoms with E-state index < -0.39 is 0 Å². The lowest BCUT2D eigenvalue weighted by Gasteiger charge is -2.21. The van der Waals surface area contributed by atoms with Gasteiger partial charge < -0.3 is 0 Å². The summed E-state index contributed by atoms with van der Waals surface area (Å²) in [6.07, 6.45) is 16.2. The quantitative estimate of drug-likeness (QED) is 0.684. The fourth-order valence-electron chi connectivity index (χ4n) is 3.24. The first-order valence-electron chi connectivity index (χ1n) is 8.19. The fraction of sp³-hybridized carbons (Fsp3) is 0.706. The van der Waals surface area contributed by atoms with Crippen LogP contribution in [0.15, 0.2) is 28.3 Å². The molecule has 0 bridgehead atoms. The Labute approximate surface area is 131 Å². The average Bonchev–Trinajstić information content (AvgIpc) is 2.51. The summed E-state index contributed by atoms with van der Waals surface area (Å²) in [4.78, 5) is 6.05. The predicted molar refractivity (Wildman–Crippen MR) is 89.7 cm³/mol. The molecule has 2 aliphatic rings. The van der Waals surface area contributed by atoms with Crippen molar-refractivity contribution in [3.05, 3.63) is 18.3 Å². The molecule has 110 valence electrons. The Hall–Kier alpha value is -0.150. The molecule has 2 saturated carbocycles. The van der Waals surface area contributed by atoms with Crippen molar-refractivity contribution >= 4 is 23.5 Å². The molecule has 2 aliphatic carbocycles. The highest BCUT2D eigenvalue weighted by atomic mass is 32.2. The van der Waals surface area contributed by atoms with E-state index in [2.05, 4.69) is 23.3 Å². The summed E-state index contributed by atoms with van der Waals surface area (Å²) >= 11 is 4.05. The number of nitrogens with zero attached hydrogens (tertiary/aromatic N) is 1. The van der Waals surface area contributed by atoms with Crippen LogP contribution >= 0.6 is 23.5 Å². The van der Waals surface area contributed by atoms with Gasteiger partial charge in [-0.15, -0.1) is 23.5 Å². The molecule has 1 aromatic rings. The molecule has 0 amide bonds. The van der Waals surface area contributed by atoms with Crippen LogP contribution in [0.1, 0.15) is 64.2 Å². The summed E-state index contributed by atoms with van der Waals surface area (Å²) in [5.41, 5.74) is 0. The Balaban J connectivity index is 1.51. The van der Waals surface area contributed by atoms with Gasteiger partial charge in [-0.1, -0.05) is 38.5 Å². The topological polar surface area (TPSA) is 12.9 Å². The van der Waals surface area contributed by atoms with E-state index in [-0.39, 0.29) is 0 Å². The number of aromatic nitrogens is 1. The maximum Gasteiger partial charge on any atom is 0.0963 e. The Kier molecular flexibility index (Phi) is 5.72. The molecule has 1 nitrogen and oxygen atoms in total. The molecule has 0 spiro atoms. The molecule has 0 aromatic carbocycles. The molecule has 1 aromatic heterocycles. The van der Waals surface area contributed by atoms with Crippen LogP contribution in [-0.2, 0) is 0 Å². The fourth-order valence-corrected chi connectivity index (χ4v) is 5.62. The van der Waals surface area contributed by atoms with Gasteiger partial charge in [-0.3, -0.25) is 0 Å². The van der Waals surface area contributed by atoms with E-state index in [4.69, 9.17) is 0 Å². The maximum absolute atomic E-state index is 4.68. The van der Waals surface area contributed by atoms with Gasteiger partial charge in [0, 0.05) is 21.6 Å². The number of pyridine rings is 1. The largest absolute Gasteiger partial charge is 0.249 e. The zero-order chi connectivity index (χ0) is 13.6. The number of hydrogen-bond acceptors (Lipinski definition) is 3. The van der Waals surface area contributed by atoms with Crippen LogP contribution in [0.25, 0.3) is 0 Å². The first-order valence-corrected chi connectivity index (χ1v) is 9.95. The number of rotatable bonds is 4. The highest BCUT2D eigenvalue weighted by molar-refractivity contribution is 8.00. The second-order valence-electron chi connectivity index (χ2n) is 6.09. The van der Waals surface area contributed by atoms with Crippen molar-refractivity contribution in [3.8, 4) is 0 Å². The van der Waals surface area contributed by atoms with Gasteiger partial charge in [0.05, 0.1) is 5.03 Å². The maximum atomic E-state index is 4.68. The number of thioether (sulfide) groups is 2. The van der Waals surface area contributed by atoms with Crippen molar-refractivity contribution in [1.82, 2.24) is 4.98 Å². The van der Waals surface area contributed by atoms with Crippen molar-refractivity contribution in [2.24, 2.45) is 0 Å². The van der Waals surface area contributed by atoms with Gasteiger partial charge in [0.1, 0.15) is 0 Å². The average molecular weight is 308 g/mol. The minimum absolute atomic E-state index is 0.813. The van der Waals surface area contributed by atoms with Crippen LogP contribution in [0, 0.1) is 0 Å². The van der Waals surface area contributed by atoms with Gasteiger partial charge in [-0.05, 0) is 37.8 Å². The molecule has 0 saturated heterocycles. The molecular weight excluding hydrogens is 282 g/mol. The first kappa shape index (κ1) is 14.8. The van der Waals surface area contributed by atoms with Crippen LogP contribution in [0.2, 0.25) is 0 Å². The normalized spacial score (nSPS) is 22.0. The molecule has 0 radical (unpaired) electrons. The summed E-state index contributed by atoms with van der Waals surface area (Å²) in [6.45, 7) is 0. The Morgan fingerprint density at radius 1 is 0.750 bits per heavy atom. The van der Waals surface area contributed by atoms with E-state index in [0.717, 1.165) is 10.5 Å². The number of hydrogen-bond donors (Lipinski definition) is 0. The lowest BCUT2D eigenvalue weighted by atomic mass is 10.0. The summed E-state index contributed by atoms with van der Waals surface area (Å²) in [5, 5.41) is 2.88. The minimum atomic E-state index is 0.813. The predicted octanol–water partition coefficient (Wildman–Crippen LogP) is 5.93. The van der Waals surface area contributed by atoms with Crippen LogP contribution in [0.3, 0.4) is 0 Å². The SMILES string of the molecule is c1cc(SC2CCCCC2)ncc1SC1CCCCC1. The van der Waals surface area contributed by atoms with Gasteiger partial charge in [0.2, 0.25) is 0 Å². The van der Waals surface area contributed by atoms with E-state index >= 15 is 0 Å². The molecule has 20 heavy (non-hydrogen) atoms. The van der Waals surface area contributed by atoms with E-state index in [0.29, 0.717) is 0 Å². The standard InChI is InChI=1S/C17H25NS2/c1-3-7-14(8-4-1)19-16-11-12-17(18-13-16)20-15-9-5-2-6-10-15/h11-15H,1-10H2. The van der Waals surface area contributed by atoms with E-state index in [9.17, 15) is 0 Å². The highest BCUT2D eigenvalue weighted by Crippen LogP contribution is 2.35. The second-order valence-corrected chi connectivity index (χ2v) is 8.78. The molecular formula is C17H25NS2. The van der Waals surface area contributed by atoms with Gasteiger partial charge in [-0.2, -0.15) is 0 Å². The molecule has 1 heterocycles. The lowest BCUT2D eigenvalue weighted by Crippen LogP contribution is -2.08. The second kappa shape index (κ2) is 7.74. The van der Waals surface area contributed by atoms with Gasteiger partial charge in [0.25, 0.3) is 0 Å². The molecule has 3 rings (SSSR count). The summed E-state index contributed by atoms with van der Waals surface area (Å²) in [6, 6.07) is 4.53. The third kappa shape index (κ3) is 4.42. The van der Waals surface area contributed by atoms with Crippen molar-refractivity contribution in [3.63, 3.8) is 0 Å². The third-order valence-corrected chi connectivity index (χ3v) is 7.01. The van der Waals surface area contributed by atoms with Crippen molar-refractivity contribution in [2.45, 2.75) is 84.6 Å². The minimum Gasteiger partial charge on any atom is -0.249 e. The van der Waals surface area contributed by atoms with Crippen molar-refractivity contribution in [1.29, 1.82) is 0 Å². The van der Waals surface area contributed by atoms with E-state index in [1.54, 1.807) is 0 Å².